The number of nitrogens with two attached hydrogens (primary N) is 1. The summed E-state index contributed by atoms with van der Waals surface area (Å²) in [6.07, 6.45) is 3.39. The van der Waals surface area contributed by atoms with E-state index in [1.165, 1.54) is 0 Å². The average Bonchev–Trinajstić information content (AvgIpc) is 2.60. The normalized spacial score (nSPS) is 26.3. The summed E-state index contributed by atoms with van der Waals surface area (Å²) in [5, 5.41) is 3.38. The van der Waals surface area contributed by atoms with Gasteiger partial charge in [-0.3, -0.25) is 4.99 Å². The Morgan fingerprint density at radius 2 is 2.00 bits per heavy atom. The van der Waals surface area contributed by atoms with Crippen molar-refractivity contribution >= 4 is 29.9 Å². The molecule has 0 saturated carbocycles. The number of ether oxygens (including phenoxy) is 2. The number of guanidine groups is 1. The van der Waals surface area contributed by atoms with E-state index in [2.05, 4.69) is 37.1 Å². The van der Waals surface area contributed by atoms with Gasteiger partial charge in [0.1, 0.15) is 5.75 Å². The van der Waals surface area contributed by atoms with Crippen molar-refractivity contribution in [3.63, 3.8) is 0 Å². The quantitative estimate of drug-likeness (QED) is 0.397. The zero-order valence-electron chi connectivity index (χ0n) is 16.0. The van der Waals surface area contributed by atoms with Crippen LogP contribution < -0.4 is 15.8 Å². The summed E-state index contributed by atoms with van der Waals surface area (Å²) in [6.45, 7) is 8.98. The number of nitrogens with one attached hydrogen (secondary N) is 1. The van der Waals surface area contributed by atoms with Crippen LogP contribution in [0.4, 0.5) is 0 Å². The van der Waals surface area contributed by atoms with Gasteiger partial charge in [-0.05, 0) is 24.3 Å². The summed E-state index contributed by atoms with van der Waals surface area (Å²) >= 11 is 0. The minimum absolute atomic E-state index is 0. The number of fused-ring (bicyclic) bond motifs is 1. The second kappa shape index (κ2) is 9.26. The number of benzene rings is 1. The van der Waals surface area contributed by atoms with Crippen molar-refractivity contribution in [1.82, 2.24) is 5.32 Å². The molecule has 0 aliphatic carbocycles. The molecule has 5 nitrogen and oxygen atoms in total. The second-order valence-corrected chi connectivity index (χ2v) is 8.16. The Balaban J connectivity index is 0.00000243. The number of hydrogen-bond donors (Lipinski definition) is 2. The number of rotatable bonds is 3. The minimum atomic E-state index is 0. The van der Waals surface area contributed by atoms with E-state index >= 15 is 0 Å². The molecule has 0 amide bonds. The van der Waals surface area contributed by atoms with E-state index in [4.69, 9.17) is 15.2 Å². The molecule has 3 N–H and O–H groups in total. The predicted molar refractivity (Wildman–Crippen MR) is 116 cm³/mol. The van der Waals surface area contributed by atoms with Crippen LogP contribution in [0, 0.1) is 11.3 Å². The first-order chi connectivity index (χ1) is 11.9. The van der Waals surface area contributed by atoms with Gasteiger partial charge in [-0.1, -0.05) is 39.0 Å². The van der Waals surface area contributed by atoms with Gasteiger partial charge in [0.15, 0.2) is 5.96 Å². The van der Waals surface area contributed by atoms with Crippen LogP contribution in [0.2, 0.25) is 0 Å². The fourth-order valence-corrected chi connectivity index (χ4v) is 3.92. The van der Waals surface area contributed by atoms with E-state index in [0.29, 0.717) is 25.0 Å². The number of nitrogens with zero attached hydrogens (tertiary/aromatic N) is 1. The number of para-hydroxylation sites is 1. The Morgan fingerprint density at radius 1 is 1.23 bits per heavy atom. The highest BCUT2D eigenvalue weighted by atomic mass is 127. The van der Waals surface area contributed by atoms with Crippen LogP contribution in [0.25, 0.3) is 0 Å². The summed E-state index contributed by atoms with van der Waals surface area (Å²) < 4.78 is 11.7. The molecule has 0 bridgehead atoms. The highest BCUT2D eigenvalue weighted by molar-refractivity contribution is 14.0. The Hall–Kier alpha value is -1.02. The van der Waals surface area contributed by atoms with Crippen molar-refractivity contribution in [2.45, 2.75) is 52.2 Å². The van der Waals surface area contributed by atoms with Crippen LogP contribution in [-0.2, 0) is 4.74 Å². The van der Waals surface area contributed by atoms with E-state index in [-0.39, 0.29) is 41.5 Å². The number of hydrogen-bond acceptors (Lipinski definition) is 3. The van der Waals surface area contributed by atoms with Gasteiger partial charge in [0.05, 0.1) is 18.8 Å². The second-order valence-electron chi connectivity index (χ2n) is 8.16. The molecular weight excluding hydrogens is 441 g/mol. The fourth-order valence-electron chi connectivity index (χ4n) is 3.92. The first-order valence-electron chi connectivity index (χ1n) is 9.35. The molecule has 0 radical (unpaired) electrons. The molecule has 6 heteroatoms. The summed E-state index contributed by atoms with van der Waals surface area (Å²) in [5.74, 6) is 1.88. The van der Waals surface area contributed by atoms with Crippen LogP contribution >= 0.6 is 24.0 Å². The lowest BCUT2D eigenvalue weighted by Gasteiger charge is -2.39. The van der Waals surface area contributed by atoms with E-state index in [0.717, 1.165) is 37.2 Å². The molecule has 2 aliphatic rings. The Bertz CT molecular complexity index is 615. The maximum absolute atomic E-state index is 6.19. The molecule has 1 aromatic rings. The minimum Gasteiger partial charge on any atom is -0.493 e. The standard InChI is InChI=1S/C20H31N3O2.HI/c1-20(2,3)18-14(7-6-11-25-18)13-22-19(21)23-16-10-12-24-17-9-5-4-8-15(16)17;/h4-5,8-9,14,16,18H,6-7,10-13H2,1-3H3,(H3,21,22,23);1H. The van der Waals surface area contributed by atoms with Gasteiger partial charge >= 0.3 is 0 Å². The van der Waals surface area contributed by atoms with Crippen molar-refractivity contribution in [2.24, 2.45) is 22.1 Å². The molecule has 3 atom stereocenters. The lowest BCUT2D eigenvalue weighted by molar-refractivity contribution is -0.0823. The van der Waals surface area contributed by atoms with Gasteiger partial charge < -0.3 is 20.5 Å². The van der Waals surface area contributed by atoms with E-state index in [9.17, 15) is 0 Å². The van der Waals surface area contributed by atoms with Crippen molar-refractivity contribution in [1.29, 1.82) is 0 Å². The van der Waals surface area contributed by atoms with Crippen molar-refractivity contribution in [3.8, 4) is 5.75 Å². The van der Waals surface area contributed by atoms with Gasteiger partial charge in [0.2, 0.25) is 0 Å². The van der Waals surface area contributed by atoms with Crippen LogP contribution in [-0.4, -0.2) is 31.8 Å². The SMILES string of the molecule is CC(C)(C)C1OCCCC1CN=C(N)NC1CCOc2ccccc21.I. The first kappa shape index (κ1) is 21.3. The Kier molecular flexibility index (Phi) is 7.58. The molecule has 2 aliphatic heterocycles. The molecule has 0 spiro atoms. The summed E-state index contributed by atoms with van der Waals surface area (Å²) in [6, 6.07) is 8.28. The maximum Gasteiger partial charge on any atom is 0.189 e. The van der Waals surface area contributed by atoms with Crippen molar-refractivity contribution in [2.75, 3.05) is 19.8 Å². The van der Waals surface area contributed by atoms with Crippen LogP contribution in [0.1, 0.15) is 51.6 Å². The van der Waals surface area contributed by atoms with E-state index in [1.54, 1.807) is 0 Å². The molecule has 3 unspecified atom stereocenters. The molecule has 3 rings (SSSR count). The zero-order valence-corrected chi connectivity index (χ0v) is 18.4. The summed E-state index contributed by atoms with van der Waals surface area (Å²) in [5.41, 5.74) is 7.47. The van der Waals surface area contributed by atoms with Gasteiger partial charge in [-0.25, -0.2) is 0 Å². The molecule has 2 heterocycles. The molecule has 0 aromatic heterocycles. The zero-order chi connectivity index (χ0) is 17.9. The molecule has 1 aromatic carbocycles. The lowest BCUT2D eigenvalue weighted by Crippen LogP contribution is -2.42. The van der Waals surface area contributed by atoms with Gasteiger partial charge in [-0.15, -0.1) is 24.0 Å². The highest BCUT2D eigenvalue weighted by Gasteiger charge is 2.35. The molecule has 146 valence electrons. The molecule has 26 heavy (non-hydrogen) atoms. The van der Waals surface area contributed by atoms with E-state index in [1.807, 2.05) is 18.2 Å². The smallest absolute Gasteiger partial charge is 0.189 e. The Morgan fingerprint density at radius 3 is 2.77 bits per heavy atom. The topological polar surface area (TPSA) is 68.9 Å². The van der Waals surface area contributed by atoms with E-state index < -0.39 is 0 Å². The predicted octanol–water partition coefficient (Wildman–Crippen LogP) is 3.87. The third-order valence-corrected chi connectivity index (χ3v) is 5.08. The fraction of sp³-hybridized carbons (Fsp3) is 0.650. The monoisotopic (exact) mass is 473 g/mol. The Labute approximate surface area is 174 Å². The molecule has 1 saturated heterocycles. The maximum atomic E-state index is 6.19. The van der Waals surface area contributed by atoms with Crippen LogP contribution in [0.3, 0.4) is 0 Å². The molecular formula is C20H32IN3O2. The van der Waals surface area contributed by atoms with Gasteiger partial charge in [0.25, 0.3) is 0 Å². The number of aliphatic imine (C=N–C) groups is 1. The lowest BCUT2D eigenvalue weighted by atomic mass is 9.78. The first-order valence-corrected chi connectivity index (χ1v) is 9.35. The largest absolute Gasteiger partial charge is 0.493 e. The third-order valence-electron chi connectivity index (χ3n) is 5.08. The van der Waals surface area contributed by atoms with Crippen LogP contribution in [0.15, 0.2) is 29.3 Å². The van der Waals surface area contributed by atoms with Crippen molar-refractivity contribution < 1.29 is 9.47 Å². The number of halogens is 1. The van der Waals surface area contributed by atoms with Gasteiger partial charge in [-0.2, -0.15) is 0 Å². The molecule has 1 fully saturated rings. The van der Waals surface area contributed by atoms with Crippen molar-refractivity contribution in [3.05, 3.63) is 29.8 Å². The third kappa shape index (κ3) is 5.25. The highest BCUT2D eigenvalue weighted by Crippen LogP contribution is 2.34. The van der Waals surface area contributed by atoms with Gasteiger partial charge in [0, 0.05) is 31.1 Å². The van der Waals surface area contributed by atoms with Crippen LogP contribution in [0.5, 0.6) is 5.75 Å². The average molecular weight is 473 g/mol. The summed E-state index contributed by atoms with van der Waals surface area (Å²) in [7, 11) is 0. The summed E-state index contributed by atoms with van der Waals surface area (Å²) in [4.78, 5) is 4.64.